The van der Waals surface area contributed by atoms with Gasteiger partial charge in [0, 0.05) is 10.6 Å². The molecule has 0 aliphatic carbocycles. The minimum absolute atomic E-state index is 0.290. The summed E-state index contributed by atoms with van der Waals surface area (Å²) in [5.74, 6) is -0.921. The van der Waals surface area contributed by atoms with Crippen molar-refractivity contribution in [3.05, 3.63) is 58.7 Å². The van der Waals surface area contributed by atoms with Crippen LogP contribution in [0.25, 0.3) is 0 Å². The van der Waals surface area contributed by atoms with Gasteiger partial charge in [0.25, 0.3) is 0 Å². The number of carbonyl (C=O) groups is 1. The van der Waals surface area contributed by atoms with Crippen molar-refractivity contribution in [2.45, 2.75) is 20.8 Å². The summed E-state index contributed by atoms with van der Waals surface area (Å²) in [5, 5.41) is 9.26. The van der Waals surface area contributed by atoms with Crippen LogP contribution in [0.2, 0.25) is 0 Å². The Kier molecular flexibility index (Phi) is 6.99. The van der Waals surface area contributed by atoms with Crippen molar-refractivity contribution in [3.63, 3.8) is 0 Å². The first-order valence-electron chi connectivity index (χ1n) is 5.17. The van der Waals surface area contributed by atoms with Gasteiger partial charge in [-0.25, -0.2) is 4.79 Å². The summed E-state index contributed by atoms with van der Waals surface area (Å²) in [6.45, 7) is 8.90. The minimum atomic E-state index is -0.921. The van der Waals surface area contributed by atoms with Crippen LogP contribution in [0.5, 0.6) is 0 Å². The average Bonchev–Trinajstić information content (AvgIpc) is 2.31. The van der Waals surface area contributed by atoms with Gasteiger partial charge in [-0.15, -0.1) is 0 Å². The maximum Gasteiger partial charge on any atom is 0.331 e. The zero-order valence-corrected chi connectivity index (χ0v) is 11.1. The Labute approximate surface area is 107 Å². The van der Waals surface area contributed by atoms with Gasteiger partial charge >= 0.3 is 5.97 Å². The van der Waals surface area contributed by atoms with Crippen LogP contribution in [0.1, 0.15) is 20.8 Å². The van der Waals surface area contributed by atoms with Crippen LogP contribution in [0.3, 0.4) is 0 Å². The predicted octanol–water partition coefficient (Wildman–Crippen LogP) is 4.22. The lowest BCUT2D eigenvalue weighted by atomic mass is 10.1. The van der Waals surface area contributed by atoms with Crippen LogP contribution in [-0.4, -0.2) is 11.1 Å². The van der Waals surface area contributed by atoms with Crippen molar-refractivity contribution >= 4 is 17.6 Å². The van der Waals surface area contributed by atoms with Gasteiger partial charge in [0.15, 0.2) is 0 Å². The number of aliphatic carboxylic acids is 1. The molecule has 17 heavy (non-hydrogen) atoms. The van der Waals surface area contributed by atoms with Crippen molar-refractivity contribution in [3.8, 4) is 0 Å². The summed E-state index contributed by atoms with van der Waals surface area (Å²) in [6, 6.07) is 0. The Hall–Kier alpha value is -1.54. The van der Waals surface area contributed by atoms with Crippen molar-refractivity contribution in [2.24, 2.45) is 0 Å². The molecule has 3 heteroatoms. The smallest absolute Gasteiger partial charge is 0.331 e. The summed E-state index contributed by atoms with van der Waals surface area (Å²) >= 11 is 5.86. The molecule has 0 unspecified atom stereocenters. The maximum atomic E-state index is 10.6. The third-order valence-corrected chi connectivity index (χ3v) is 2.44. The molecule has 0 heterocycles. The molecule has 0 saturated carbocycles. The zero-order chi connectivity index (χ0) is 13.4. The number of halogens is 1. The molecular formula is C14H17ClO2. The van der Waals surface area contributed by atoms with E-state index in [2.05, 4.69) is 6.58 Å². The van der Waals surface area contributed by atoms with Gasteiger partial charge < -0.3 is 5.11 Å². The van der Waals surface area contributed by atoms with Crippen LogP contribution in [0.15, 0.2) is 58.7 Å². The van der Waals surface area contributed by atoms with E-state index in [1.807, 2.05) is 19.9 Å². The number of hydrogen-bond donors (Lipinski definition) is 1. The number of allylic oxidation sites excluding steroid dienone is 8. The molecule has 1 N–H and O–H groups in total. The maximum absolute atomic E-state index is 10.6. The topological polar surface area (TPSA) is 37.3 Å². The Balaban J connectivity index is 5.09. The van der Waals surface area contributed by atoms with E-state index < -0.39 is 5.97 Å². The van der Waals surface area contributed by atoms with Crippen molar-refractivity contribution in [1.29, 1.82) is 0 Å². The van der Waals surface area contributed by atoms with E-state index in [0.29, 0.717) is 10.6 Å². The Morgan fingerprint density at radius 3 is 2.18 bits per heavy atom. The summed E-state index contributed by atoms with van der Waals surface area (Å²) in [5.41, 5.74) is 2.16. The molecule has 0 aromatic heterocycles. The molecule has 0 aliphatic heterocycles. The van der Waals surface area contributed by atoms with E-state index >= 15 is 0 Å². The van der Waals surface area contributed by atoms with E-state index in [1.54, 1.807) is 31.2 Å². The second-order valence-corrected chi connectivity index (χ2v) is 3.92. The van der Waals surface area contributed by atoms with Crippen LogP contribution >= 0.6 is 11.6 Å². The second-order valence-electron chi connectivity index (χ2n) is 3.48. The highest BCUT2D eigenvalue weighted by atomic mass is 35.5. The van der Waals surface area contributed by atoms with E-state index in [-0.39, 0.29) is 0 Å². The molecule has 0 amide bonds. The highest BCUT2D eigenvalue weighted by Crippen LogP contribution is 2.16. The van der Waals surface area contributed by atoms with E-state index in [4.69, 9.17) is 16.7 Å². The lowest BCUT2D eigenvalue weighted by Gasteiger charge is -2.01. The lowest BCUT2D eigenvalue weighted by molar-refractivity contribution is -0.132. The first kappa shape index (κ1) is 15.5. The van der Waals surface area contributed by atoms with Gasteiger partial charge in [-0.3, -0.25) is 0 Å². The fraction of sp³-hybridized carbons (Fsp3) is 0.214. The summed E-state index contributed by atoms with van der Waals surface area (Å²) < 4.78 is 0. The van der Waals surface area contributed by atoms with Gasteiger partial charge in [0.2, 0.25) is 0 Å². The molecule has 0 atom stereocenters. The lowest BCUT2D eigenvalue weighted by Crippen LogP contribution is -1.95. The van der Waals surface area contributed by atoms with Gasteiger partial charge in [-0.2, -0.15) is 0 Å². The molecule has 0 aromatic carbocycles. The molecular weight excluding hydrogens is 236 g/mol. The zero-order valence-electron chi connectivity index (χ0n) is 10.3. The molecule has 0 spiro atoms. The molecule has 0 rings (SSSR count). The standard InChI is InChI=1S/C14H17ClO2/c1-5-12(9-13(15)6-2)10(3)7-8-11(4)14(16)17/h5-9H,2H2,1,3-4H3,(H,16,17)/b10-7+,11-8+,12-5+,13-9+. The molecule has 2 nitrogen and oxygen atoms in total. The molecule has 0 bridgehead atoms. The molecule has 0 radical (unpaired) electrons. The highest BCUT2D eigenvalue weighted by molar-refractivity contribution is 6.31. The minimum Gasteiger partial charge on any atom is -0.478 e. The molecule has 0 aliphatic rings. The molecule has 92 valence electrons. The van der Waals surface area contributed by atoms with E-state index in [9.17, 15) is 4.79 Å². The van der Waals surface area contributed by atoms with Gasteiger partial charge in [0.05, 0.1) is 0 Å². The molecule has 0 aromatic rings. The molecule has 0 fully saturated rings. The fourth-order valence-electron chi connectivity index (χ4n) is 1.05. The average molecular weight is 253 g/mol. The van der Waals surface area contributed by atoms with Crippen LogP contribution in [-0.2, 0) is 4.79 Å². The number of carboxylic acids is 1. The Morgan fingerprint density at radius 2 is 1.76 bits per heavy atom. The van der Waals surface area contributed by atoms with Crippen LogP contribution in [0, 0.1) is 0 Å². The predicted molar refractivity (Wildman–Crippen MR) is 73.0 cm³/mol. The number of carboxylic acid groups (broad SMARTS) is 1. The third kappa shape index (κ3) is 5.93. The highest BCUT2D eigenvalue weighted by Gasteiger charge is 1.99. The van der Waals surface area contributed by atoms with Gasteiger partial charge in [-0.05, 0) is 38.0 Å². The first-order valence-corrected chi connectivity index (χ1v) is 5.55. The first-order chi connectivity index (χ1) is 7.92. The third-order valence-electron chi connectivity index (χ3n) is 2.18. The SMILES string of the molecule is C=C\C(Cl)=C/C(=C\C)C(/C)=C/C=C(\C)C(=O)O. The van der Waals surface area contributed by atoms with Gasteiger partial charge in [-0.1, -0.05) is 42.5 Å². The normalized spacial score (nSPS) is 14.8. The quantitative estimate of drug-likeness (QED) is 0.588. The monoisotopic (exact) mass is 252 g/mol. The largest absolute Gasteiger partial charge is 0.478 e. The van der Waals surface area contributed by atoms with Crippen LogP contribution in [0.4, 0.5) is 0 Å². The van der Waals surface area contributed by atoms with E-state index in [1.165, 1.54) is 0 Å². The summed E-state index contributed by atoms with van der Waals surface area (Å²) in [7, 11) is 0. The van der Waals surface area contributed by atoms with Crippen molar-refractivity contribution in [1.82, 2.24) is 0 Å². The number of rotatable bonds is 5. The summed E-state index contributed by atoms with van der Waals surface area (Å²) in [6.07, 6.45) is 8.56. The van der Waals surface area contributed by atoms with Crippen LogP contribution < -0.4 is 0 Å². The summed E-state index contributed by atoms with van der Waals surface area (Å²) in [4.78, 5) is 10.6. The fourth-order valence-corrected chi connectivity index (χ4v) is 1.17. The van der Waals surface area contributed by atoms with Crippen molar-refractivity contribution in [2.75, 3.05) is 0 Å². The van der Waals surface area contributed by atoms with Crippen molar-refractivity contribution < 1.29 is 9.90 Å². The Morgan fingerprint density at radius 1 is 1.24 bits per heavy atom. The second kappa shape index (κ2) is 7.69. The van der Waals surface area contributed by atoms with E-state index in [0.717, 1.165) is 11.1 Å². The van der Waals surface area contributed by atoms with Gasteiger partial charge in [0.1, 0.15) is 0 Å². The number of hydrogen-bond acceptors (Lipinski definition) is 1. The Bertz CT molecular complexity index is 424. The molecule has 0 saturated heterocycles.